The van der Waals surface area contributed by atoms with E-state index in [0.29, 0.717) is 66.6 Å². The molecule has 3 aromatic rings. The molecule has 38 heavy (non-hydrogen) atoms. The molecule has 0 saturated heterocycles. The van der Waals surface area contributed by atoms with Crippen molar-refractivity contribution >= 4 is 22.6 Å². The first kappa shape index (κ1) is 27.3. The normalized spacial score (nSPS) is 13.8. The number of nitrogens with two attached hydrogens (primary N) is 1. The molecule has 12 nitrogen and oxygen atoms in total. The van der Waals surface area contributed by atoms with Gasteiger partial charge in [-0.25, -0.2) is 14.4 Å². The Hall–Kier alpha value is -3.70. The van der Waals surface area contributed by atoms with E-state index >= 15 is 0 Å². The van der Waals surface area contributed by atoms with Crippen molar-refractivity contribution in [2.75, 3.05) is 58.0 Å². The number of rotatable bonds is 16. The van der Waals surface area contributed by atoms with Gasteiger partial charge in [0, 0.05) is 36.4 Å². The first-order chi connectivity index (χ1) is 18.6. The maximum Gasteiger partial charge on any atom is 0.255 e. The molecular weight excluding hydrogens is 495 g/mol. The summed E-state index contributed by atoms with van der Waals surface area (Å²) in [6, 6.07) is 5.73. The number of nitriles is 1. The van der Waals surface area contributed by atoms with Crippen molar-refractivity contribution in [3.8, 4) is 11.9 Å². The van der Waals surface area contributed by atoms with Crippen LogP contribution in [0.15, 0.2) is 30.7 Å². The van der Waals surface area contributed by atoms with Crippen molar-refractivity contribution < 1.29 is 23.4 Å². The van der Waals surface area contributed by atoms with Crippen LogP contribution in [0.25, 0.3) is 16.9 Å². The van der Waals surface area contributed by atoms with Gasteiger partial charge in [-0.2, -0.15) is 15.0 Å². The summed E-state index contributed by atoms with van der Waals surface area (Å²) in [7, 11) is 0. The molecule has 0 bridgehead atoms. The maximum absolute atomic E-state index is 14.3. The Morgan fingerprint density at radius 3 is 2.63 bits per heavy atom. The largest absolute Gasteiger partial charge is 0.382 e. The molecule has 13 heteroatoms. The highest BCUT2D eigenvalue weighted by atomic mass is 19.1. The van der Waals surface area contributed by atoms with Crippen LogP contribution in [0.5, 0.6) is 0 Å². The van der Waals surface area contributed by atoms with Crippen molar-refractivity contribution in [2.24, 2.45) is 5.73 Å². The Labute approximate surface area is 219 Å². The van der Waals surface area contributed by atoms with Gasteiger partial charge in [0.15, 0.2) is 11.5 Å². The van der Waals surface area contributed by atoms with Crippen molar-refractivity contribution in [1.29, 1.82) is 5.26 Å². The van der Waals surface area contributed by atoms with Crippen LogP contribution < -0.4 is 16.4 Å². The van der Waals surface area contributed by atoms with Gasteiger partial charge in [0.2, 0.25) is 0 Å². The quantitative estimate of drug-likeness (QED) is 0.232. The lowest BCUT2D eigenvalue weighted by atomic mass is 10.2. The zero-order valence-electron chi connectivity index (χ0n) is 20.9. The minimum Gasteiger partial charge on any atom is -0.382 e. The number of aromatic nitrogens is 4. The van der Waals surface area contributed by atoms with E-state index in [1.165, 1.54) is 12.4 Å². The molecule has 202 valence electrons. The number of halogens is 1. The van der Waals surface area contributed by atoms with Gasteiger partial charge in [0.05, 0.1) is 69.2 Å². The van der Waals surface area contributed by atoms with Gasteiger partial charge in [-0.15, -0.1) is 0 Å². The molecule has 0 spiro atoms. The predicted molar refractivity (Wildman–Crippen MR) is 137 cm³/mol. The standard InChI is InChI=1S/C25H31FN8O4/c26-19(16-38-8-7-37-6-5-36-4-3-27)14-31-25(35)21-15-29-23(10-22(21)33-20-1-2-20)34-24-18(13-32-34)9-17(11-28)12-30-24/h9-10,12-13,15,19-20H,1-8,14,16,27H2,(H,29,33)(H,31,35). The van der Waals surface area contributed by atoms with E-state index < -0.39 is 12.1 Å². The molecular formula is C25H31FN8O4. The Balaban J connectivity index is 1.30. The minimum atomic E-state index is -1.38. The van der Waals surface area contributed by atoms with Crippen molar-refractivity contribution in [3.05, 3.63) is 41.9 Å². The number of carbonyl (C=O) groups is 1. The number of hydrogen-bond acceptors (Lipinski definition) is 10. The van der Waals surface area contributed by atoms with Crippen LogP contribution in [0, 0.1) is 11.3 Å². The van der Waals surface area contributed by atoms with Gasteiger partial charge in [0.1, 0.15) is 12.2 Å². The molecule has 0 aromatic carbocycles. The molecule has 3 aromatic heterocycles. The monoisotopic (exact) mass is 526 g/mol. The third-order valence-corrected chi connectivity index (χ3v) is 5.61. The number of anilines is 1. The van der Waals surface area contributed by atoms with Gasteiger partial charge in [-0.3, -0.25) is 4.79 Å². The number of fused-ring (bicyclic) bond motifs is 1. The third-order valence-electron chi connectivity index (χ3n) is 5.61. The van der Waals surface area contributed by atoms with Crippen LogP contribution in [0.2, 0.25) is 0 Å². The van der Waals surface area contributed by atoms with Gasteiger partial charge in [-0.1, -0.05) is 0 Å². The zero-order valence-corrected chi connectivity index (χ0v) is 20.9. The minimum absolute atomic E-state index is 0.162. The van der Waals surface area contributed by atoms with Crippen LogP contribution in [-0.4, -0.2) is 90.6 Å². The number of nitrogens with one attached hydrogen (secondary N) is 2. The zero-order chi connectivity index (χ0) is 26.7. The molecule has 0 radical (unpaired) electrons. The smallest absolute Gasteiger partial charge is 0.255 e. The summed E-state index contributed by atoms with van der Waals surface area (Å²) in [6.45, 7) is 2.00. The molecule has 3 heterocycles. The second kappa shape index (κ2) is 13.7. The summed E-state index contributed by atoms with van der Waals surface area (Å²) in [6.07, 6.45) is 5.12. The van der Waals surface area contributed by atoms with Crippen LogP contribution in [-0.2, 0) is 14.2 Å². The molecule has 4 rings (SSSR count). The first-order valence-electron chi connectivity index (χ1n) is 12.5. The maximum atomic E-state index is 14.3. The number of ether oxygens (including phenoxy) is 3. The summed E-state index contributed by atoms with van der Waals surface area (Å²) >= 11 is 0. The highest BCUT2D eigenvalue weighted by molar-refractivity contribution is 5.99. The van der Waals surface area contributed by atoms with Gasteiger partial charge in [0.25, 0.3) is 5.91 Å². The Bertz CT molecular complexity index is 1260. The average molecular weight is 527 g/mol. The van der Waals surface area contributed by atoms with Crippen molar-refractivity contribution in [1.82, 2.24) is 25.1 Å². The van der Waals surface area contributed by atoms with Crippen LogP contribution in [0.3, 0.4) is 0 Å². The highest BCUT2D eigenvalue weighted by Gasteiger charge is 2.24. The molecule has 1 fully saturated rings. The number of nitrogens with zero attached hydrogens (tertiary/aromatic N) is 5. The second-order valence-corrected chi connectivity index (χ2v) is 8.71. The Morgan fingerprint density at radius 1 is 1.13 bits per heavy atom. The molecule has 1 amide bonds. The summed E-state index contributed by atoms with van der Waals surface area (Å²) in [5.41, 5.74) is 7.17. The molecule has 1 unspecified atom stereocenters. The average Bonchev–Trinajstić information content (AvgIpc) is 3.65. The van der Waals surface area contributed by atoms with Crippen LogP contribution in [0.4, 0.5) is 10.1 Å². The lowest BCUT2D eigenvalue weighted by Crippen LogP contribution is -2.33. The summed E-state index contributed by atoms with van der Waals surface area (Å²) in [5, 5.41) is 20.1. The van der Waals surface area contributed by atoms with Gasteiger partial charge >= 0.3 is 0 Å². The van der Waals surface area contributed by atoms with E-state index in [0.717, 1.165) is 12.8 Å². The van der Waals surface area contributed by atoms with E-state index in [2.05, 4.69) is 31.8 Å². The lowest BCUT2D eigenvalue weighted by Gasteiger charge is -2.15. The predicted octanol–water partition coefficient (Wildman–Crippen LogP) is 1.34. The topological polar surface area (TPSA) is 162 Å². The number of amides is 1. The summed E-state index contributed by atoms with van der Waals surface area (Å²) in [4.78, 5) is 21.6. The first-order valence-corrected chi connectivity index (χ1v) is 12.5. The van der Waals surface area contributed by atoms with E-state index in [4.69, 9.17) is 25.2 Å². The molecule has 1 atom stereocenters. The van der Waals surface area contributed by atoms with E-state index in [1.807, 2.05) is 0 Å². The fourth-order valence-electron chi connectivity index (χ4n) is 3.55. The van der Waals surface area contributed by atoms with Crippen LogP contribution in [0.1, 0.15) is 28.8 Å². The Morgan fingerprint density at radius 2 is 1.89 bits per heavy atom. The van der Waals surface area contributed by atoms with E-state index in [1.54, 1.807) is 23.0 Å². The van der Waals surface area contributed by atoms with Crippen molar-refractivity contribution in [3.63, 3.8) is 0 Å². The lowest BCUT2D eigenvalue weighted by molar-refractivity contribution is 0.00490. The summed E-state index contributed by atoms with van der Waals surface area (Å²) in [5.74, 6) is 0.0135. The number of pyridine rings is 2. The molecule has 0 aliphatic heterocycles. The van der Waals surface area contributed by atoms with Gasteiger partial charge < -0.3 is 30.6 Å². The van der Waals surface area contributed by atoms with E-state index in [9.17, 15) is 9.18 Å². The SMILES string of the molecule is N#Cc1cnc2c(cnn2-c2cc(NC3CC3)c(C(=O)NCC(F)COCCOCCOCCN)cn2)c1. The molecule has 1 aliphatic rings. The van der Waals surface area contributed by atoms with Gasteiger partial charge in [-0.05, 0) is 18.9 Å². The second-order valence-electron chi connectivity index (χ2n) is 8.71. The number of alkyl halides is 1. The molecule has 1 saturated carbocycles. The number of hydrogen-bond donors (Lipinski definition) is 3. The fourth-order valence-corrected chi connectivity index (χ4v) is 3.55. The number of carbonyl (C=O) groups excluding carboxylic acids is 1. The Kier molecular flexibility index (Phi) is 9.88. The summed E-state index contributed by atoms with van der Waals surface area (Å²) < 4.78 is 31.6. The molecule has 4 N–H and O–H groups in total. The van der Waals surface area contributed by atoms with E-state index in [-0.39, 0.29) is 25.8 Å². The van der Waals surface area contributed by atoms with Crippen molar-refractivity contribution in [2.45, 2.75) is 25.1 Å². The molecule has 1 aliphatic carbocycles. The third kappa shape index (κ3) is 7.65. The fraction of sp³-hybridized carbons (Fsp3) is 0.480. The van der Waals surface area contributed by atoms with Crippen LogP contribution >= 0.6 is 0 Å². The highest BCUT2D eigenvalue weighted by Crippen LogP contribution is 2.28.